The molecule has 1 aliphatic carbocycles. The molecule has 1 amide bonds. The Kier molecular flexibility index (Phi) is 4.29. The molecule has 0 bridgehead atoms. The number of hydrogen-bond acceptors (Lipinski definition) is 4. The van der Waals surface area contributed by atoms with E-state index in [1.807, 2.05) is 11.8 Å². The average Bonchev–Trinajstić information content (AvgIpc) is 2.38. The van der Waals surface area contributed by atoms with Crippen LogP contribution in [0.5, 0.6) is 0 Å². The lowest BCUT2D eigenvalue weighted by atomic mass is 9.66. The second-order valence-electron chi connectivity index (χ2n) is 5.37. The number of ether oxygens (including phenoxy) is 1. The lowest BCUT2D eigenvalue weighted by Gasteiger charge is -2.44. The normalized spacial score (nSPS) is 24.1. The summed E-state index contributed by atoms with van der Waals surface area (Å²) in [6.45, 7) is 4.10. The smallest absolute Gasteiger partial charge is 0.236 e. The van der Waals surface area contributed by atoms with Gasteiger partial charge in [0.05, 0.1) is 6.10 Å². The molecule has 0 radical (unpaired) electrons. The van der Waals surface area contributed by atoms with Gasteiger partial charge in [0.25, 0.3) is 0 Å². The Hall–Kier alpha value is -1.30. The number of carbonyl (C=O) groups excluding carboxylic acids is 1. The van der Waals surface area contributed by atoms with Crippen molar-refractivity contribution in [3.63, 3.8) is 0 Å². The topological polar surface area (TPSA) is 88.2 Å². The molecule has 2 fully saturated rings. The highest BCUT2D eigenvalue weighted by Crippen LogP contribution is 2.43. The van der Waals surface area contributed by atoms with Gasteiger partial charge in [0.15, 0.2) is 5.84 Å². The van der Waals surface area contributed by atoms with Gasteiger partial charge in [0.2, 0.25) is 5.91 Å². The minimum Gasteiger partial charge on any atom is -0.409 e. The molecule has 0 spiro atoms. The van der Waals surface area contributed by atoms with E-state index in [4.69, 9.17) is 15.7 Å². The number of amidine groups is 1. The van der Waals surface area contributed by atoms with Crippen molar-refractivity contribution in [2.75, 3.05) is 19.7 Å². The number of amides is 1. The predicted molar refractivity (Wildman–Crippen MR) is 70.9 cm³/mol. The first-order chi connectivity index (χ1) is 9.14. The van der Waals surface area contributed by atoms with Gasteiger partial charge in [-0.1, -0.05) is 11.6 Å². The van der Waals surface area contributed by atoms with Crippen LogP contribution < -0.4 is 5.73 Å². The molecule has 0 unspecified atom stereocenters. The number of piperidine rings is 1. The van der Waals surface area contributed by atoms with Crippen molar-refractivity contribution in [2.24, 2.45) is 16.3 Å². The second kappa shape index (κ2) is 5.77. The highest BCUT2D eigenvalue weighted by atomic mass is 16.5. The fourth-order valence-electron chi connectivity index (χ4n) is 2.97. The van der Waals surface area contributed by atoms with E-state index < -0.39 is 5.41 Å². The molecule has 1 saturated carbocycles. The first kappa shape index (κ1) is 14.1. The molecule has 0 aromatic heterocycles. The summed E-state index contributed by atoms with van der Waals surface area (Å²) < 4.78 is 5.58. The number of carbonyl (C=O) groups is 1. The molecule has 108 valence electrons. The summed E-state index contributed by atoms with van der Waals surface area (Å²) >= 11 is 0. The Morgan fingerprint density at radius 3 is 2.53 bits per heavy atom. The van der Waals surface area contributed by atoms with Gasteiger partial charge < -0.3 is 20.6 Å². The number of nitrogens with two attached hydrogens (primary N) is 1. The quantitative estimate of drug-likeness (QED) is 0.344. The molecule has 1 heterocycles. The Labute approximate surface area is 113 Å². The van der Waals surface area contributed by atoms with Gasteiger partial charge in [0, 0.05) is 19.7 Å². The maximum Gasteiger partial charge on any atom is 0.236 e. The van der Waals surface area contributed by atoms with Crippen LogP contribution in [0, 0.1) is 5.41 Å². The Morgan fingerprint density at radius 1 is 1.47 bits per heavy atom. The van der Waals surface area contributed by atoms with Gasteiger partial charge >= 0.3 is 0 Å². The second-order valence-corrected chi connectivity index (χ2v) is 5.37. The van der Waals surface area contributed by atoms with Crippen LogP contribution in [0.1, 0.15) is 39.0 Å². The number of oxime groups is 1. The van der Waals surface area contributed by atoms with Gasteiger partial charge in [-0.15, -0.1) is 0 Å². The zero-order valence-corrected chi connectivity index (χ0v) is 11.5. The molecule has 3 N–H and O–H groups in total. The molecule has 6 nitrogen and oxygen atoms in total. The first-order valence-corrected chi connectivity index (χ1v) is 7.03. The van der Waals surface area contributed by atoms with Crippen molar-refractivity contribution in [1.29, 1.82) is 0 Å². The molecule has 6 heteroatoms. The Morgan fingerprint density at radius 2 is 2.11 bits per heavy atom. The third-order valence-corrected chi connectivity index (χ3v) is 4.35. The Balaban J connectivity index is 1.97. The lowest BCUT2D eigenvalue weighted by molar-refractivity contribution is -0.144. The van der Waals surface area contributed by atoms with Crippen LogP contribution >= 0.6 is 0 Å². The first-order valence-electron chi connectivity index (χ1n) is 7.03. The SMILES string of the molecule is CCOC1CCN(C(=O)C2(C(N)=NO)CCC2)CC1. The molecule has 1 saturated heterocycles. The highest BCUT2D eigenvalue weighted by Gasteiger charge is 2.50. The summed E-state index contributed by atoms with van der Waals surface area (Å²) in [6.07, 6.45) is 4.32. The molecular formula is C13H23N3O3. The number of likely N-dealkylation sites (tertiary alicyclic amines) is 1. The van der Waals surface area contributed by atoms with Crippen molar-refractivity contribution in [1.82, 2.24) is 4.90 Å². The summed E-state index contributed by atoms with van der Waals surface area (Å²) in [5.74, 6) is 0.0830. The summed E-state index contributed by atoms with van der Waals surface area (Å²) in [4.78, 5) is 14.4. The summed E-state index contributed by atoms with van der Waals surface area (Å²) in [5, 5.41) is 11.9. The molecule has 2 rings (SSSR count). The molecule has 0 atom stereocenters. The highest BCUT2D eigenvalue weighted by molar-refractivity contribution is 6.07. The third-order valence-electron chi connectivity index (χ3n) is 4.35. The van der Waals surface area contributed by atoms with Crippen molar-refractivity contribution in [3.8, 4) is 0 Å². The van der Waals surface area contributed by atoms with Gasteiger partial charge in [-0.25, -0.2) is 0 Å². The van der Waals surface area contributed by atoms with Gasteiger partial charge in [-0.3, -0.25) is 4.79 Å². The summed E-state index contributed by atoms with van der Waals surface area (Å²) in [7, 11) is 0. The van der Waals surface area contributed by atoms with Crippen LogP contribution in [0.25, 0.3) is 0 Å². The fraction of sp³-hybridized carbons (Fsp3) is 0.846. The average molecular weight is 269 g/mol. The van der Waals surface area contributed by atoms with Crippen molar-refractivity contribution < 1.29 is 14.7 Å². The van der Waals surface area contributed by atoms with Crippen LogP contribution in [0.2, 0.25) is 0 Å². The maximum atomic E-state index is 12.6. The van der Waals surface area contributed by atoms with Crippen molar-refractivity contribution in [2.45, 2.75) is 45.1 Å². The molecule has 1 aliphatic heterocycles. The van der Waals surface area contributed by atoms with Crippen molar-refractivity contribution in [3.05, 3.63) is 0 Å². The van der Waals surface area contributed by atoms with Crippen LogP contribution in [0.4, 0.5) is 0 Å². The van der Waals surface area contributed by atoms with Crippen LogP contribution in [-0.4, -0.2) is 47.7 Å². The van der Waals surface area contributed by atoms with Gasteiger partial charge in [-0.05, 0) is 32.6 Å². The van der Waals surface area contributed by atoms with Crippen LogP contribution in [-0.2, 0) is 9.53 Å². The number of rotatable bonds is 4. The summed E-state index contributed by atoms with van der Waals surface area (Å²) in [6, 6.07) is 0. The largest absolute Gasteiger partial charge is 0.409 e. The fourth-order valence-corrected chi connectivity index (χ4v) is 2.97. The van der Waals surface area contributed by atoms with Crippen LogP contribution in [0.15, 0.2) is 5.16 Å². The van der Waals surface area contributed by atoms with E-state index >= 15 is 0 Å². The van der Waals surface area contributed by atoms with E-state index in [0.717, 1.165) is 19.3 Å². The monoisotopic (exact) mass is 269 g/mol. The molecular weight excluding hydrogens is 246 g/mol. The molecule has 0 aromatic rings. The predicted octanol–water partition coefficient (Wildman–Crippen LogP) is 0.931. The van der Waals surface area contributed by atoms with E-state index in [9.17, 15) is 4.79 Å². The van der Waals surface area contributed by atoms with E-state index in [2.05, 4.69) is 5.16 Å². The standard InChI is InChI=1S/C13H23N3O3/c1-2-19-10-4-8-16(9-5-10)12(17)13(6-3-7-13)11(14)15-18/h10,18H,2-9H2,1H3,(H2,14,15). The zero-order chi connectivity index (χ0) is 13.9. The van der Waals surface area contributed by atoms with E-state index in [1.54, 1.807) is 0 Å². The maximum absolute atomic E-state index is 12.6. The van der Waals surface area contributed by atoms with E-state index in [1.165, 1.54) is 0 Å². The zero-order valence-electron chi connectivity index (χ0n) is 11.5. The van der Waals surface area contributed by atoms with Crippen molar-refractivity contribution >= 4 is 11.7 Å². The lowest BCUT2D eigenvalue weighted by Crippen LogP contribution is -2.56. The molecule has 19 heavy (non-hydrogen) atoms. The van der Waals surface area contributed by atoms with Gasteiger partial charge in [0.1, 0.15) is 5.41 Å². The Bertz CT molecular complexity index is 358. The van der Waals surface area contributed by atoms with E-state index in [0.29, 0.717) is 32.5 Å². The minimum absolute atomic E-state index is 0.0176. The third kappa shape index (κ3) is 2.54. The van der Waals surface area contributed by atoms with Crippen LogP contribution in [0.3, 0.4) is 0 Å². The van der Waals surface area contributed by atoms with Gasteiger partial charge in [-0.2, -0.15) is 0 Å². The molecule has 2 aliphatic rings. The number of nitrogens with zero attached hydrogens (tertiary/aromatic N) is 2. The van der Waals surface area contributed by atoms with E-state index in [-0.39, 0.29) is 17.8 Å². The summed E-state index contributed by atoms with van der Waals surface area (Å²) in [5.41, 5.74) is 4.98. The minimum atomic E-state index is -0.743. The molecule has 0 aromatic carbocycles. The number of hydrogen-bond donors (Lipinski definition) is 2.